The summed E-state index contributed by atoms with van der Waals surface area (Å²) in [6.07, 6.45) is 10.9. The second kappa shape index (κ2) is 6.08. The molecule has 0 aromatic carbocycles. The van der Waals surface area contributed by atoms with E-state index in [0.29, 0.717) is 5.41 Å². The number of hydrogen-bond acceptors (Lipinski definition) is 0. The Bertz CT molecular complexity index is 371. The van der Waals surface area contributed by atoms with Gasteiger partial charge in [-0.1, -0.05) is 45.9 Å². The third-order valence-corrected chi connectivity index (χ3v) is 5.96. The Morgan fingerprint density at radius 2 is 1.70 bits per heavy atom. The molecular formula is C20H34. The van der Waals surface area contributed by atoms with E-state index in [2.05, 4.69) is 47.3 Å². The molecule has 0 heteroatoms. The maximum absolute atomic E-state index is 4.24. The first-order valence-corrected chi connectivity index (χ1v) is 8.66. The van der Waals surface area contributed by atoms with Crippen LogP contribution in [0.1, 0.15) is 73.1 Å². The van der Waals surface area contributed by atoms with Crippen molar-refractivity contribution in [2.45, 2.75) is 73.1 Å². The van der Waals surface area contributed by atoms with Crippen LogP contribution in [-0.4, -0.2) is 0 Å². The summed E-state index contributed by atoms with van der Waals surface area (Å²) in [4.78, 5) is 0. The molecule has 0 aliphatic heterocycles. The zero-order valence-electron chi connectivity index (χ0n) is 14.3. The Hall–Kier alpha value is -0.520. The van der Waals surface area contributed by atoms with E-state index in [0.717, 1.165) is 23.7 Å². The molecule has 20 heavy (non-hydrogen) atoms. The van der Waals surface area contributed by atoms with Crippen LogP contribution in [-0.2, 0) is 0 Å². The van der Waals surface area contributed by atoms with Crippen LogP contribution in [0, 0.1) is 29.1 Å². The maximum atomic E-state index is 4.24. The highest BCUT2D eigenvalue weighted by Gasteiger charge is 2.37. The highest BCUT2D eigenvalue weighted by molar-refractivity contribution is 5.31. The fourth-order valence-corrected chi connectivity index (χ4v) is 4.65. The van der Waals surface area contributed by atoms with Gasteiger partial charge in [0.2, 0.25) is 0 Å². The van der Waals surface area contributed by atoms with Gasteiger partial charge in [0.25, 0.3) is 0 Å². The van der Waals surface area contributed by atoms with Gasteiger partial charge in [-0.3, -0.25) is 0 Å². The molecule has 0 radical (unpaired) electrons. The van der Waals surface area contributed by atoms with Gasteiger partial charge in [0, 0.05) is 0 Å². The van der Waals surface area contributed by atoms with Gasteiger partial charge in [-0.2, -0.15) is 0 Å². The molecule has 0 N–H and O–H groups in total. The summed E-state index contributed by atoms with van der Waals surface area (Å²) in [7, 11) is 0. The SMILES string of the molecule is C=C(C)C1=CCCC(C)C1C1CCC(C(C)(C)C)CC1. The molecule has 1 saturated carbocycles. The first kappa shape index (κ1) is 15.9. The number of hydrogen-bond donors (Lipinski definition) is 0. The quantitative estimate of drug-likeness (QED) is 0.547. The van der Waals surface area contributed by atoms with Gasteiger partial charge in [0.1, 0.15) is 0 Å². The normalized spacial score (nSPS) is 35.5. The number of allylic oxidation sites excluding steroid dienone is 3. The molecule has 2 aliphatic rings. The largest absolute Gasteiger partial charge is 0.0958 e. The summed E-state index contributed by atoms with van der Waals surface area (Å²) >= 11 is 0. The smallest absolute Gasteiger partial charge is 0.0109 e. The Labute approximate surface area is 126 Å². The summed E-state index contributed by atoms with van der Waals surface area (Å²) in [5.41, 5.74) is 3.42. The van der Waals surface area contributed by atoms with Crippen LogP contribution < -0.4 is 0 Å². The van der Waals surface area contributed by atoms with Crippen molar-refractivity contribution in [1.29, 1.82) is 0 Å². The highest BCUT2D eigenvalue weighted by Crippen LogP contribution is 2.47. The summed E-state index contributed by atoms with van der Waals surface area (Å²) in [6.45, 7) is 16.2. The van der Waals surface area contributed by atoms with Crippen molar-refractivity contribution >= 4 is 0 Å². The van der Waals surface area contributed by atoms with Crippen LogP contribution in [0.2, 0.25) is 0 Å². The van der Waals surface area contributed by atoms with Crippen LogP contribution in [0.3, 0.4) is 0 Å². The molecule has 0 amide bonds. The summed E-state index contributed by atoms with van der Waals surface area (Å²) in [6, 6.07) is 0. The first-order valence-electron chi connectivity index (χ1n) is 8.66. The third kappa shape index (κ3) is 3.38. The molecule has 0 bridgehead atoms. The molecule has 0 spiro atoms. The molecule has 0 heterocycles. The average molecular weight is 274 g/mol. The Kier molecular flexibility index (Phi) is 4.82. The highest BCUT2D eigenvalue weighted by atomic mass is 14.4. The molecule has 114 valence electrons. The van der Waals surface area contributed by atoms with E-state index >= 15 is 0 Å². The molecule has 0 aromatic rings. The molecular weight excluding hydrogens is 240 g/mol. The second-order valence-corrected chi connectivity index (χ2v) is 8.50. The summed E-state index contributed by atoms with van der Waals surface area (Å²) < 4.78 is 0. The summed E-state index contributed by atoms with van der Waals surface area (Å²) in [5.74, 6) is 3.48. The van der Waals surface area contributed by atoms with Gasteiger partial charge in [-0.15, -0.1) is 0 Å². The van der Waals surface area contributed by atoms with E-state index in [1.54, 1.807) is 5.57 Å². The van der Waals surface area contributed by atoms with E-state index in [9.17, 15) is 0 Å². The van der Waals surface area contributed by atoms with Crippen LogP contribution in [0.15, 0.2) is 23.8 Å². The Morgan fingerprint density at radius 1 is 1.10 bits per heavy atom. The van der Waals surface area contributed by atoms with Crippen molar-refractivity contribution in [1.82, 2.24) is 0 Å². The van der Waals surface area contributed by atoms with Crippen molar-refractivity contribution in [2.24, 2.45) is 29.1 Å². The minimum atomic E-state index is 0.496. The van der Waals surface area contributed by atoms with Crippen LogP contribution in [0.5, 0.6) is 0 Å². The van der Waals surface area contributed by atoms with Crippen molar-refractivity contribution in [2.75, 3.05) is 0 Å². The van der Waals surface area contributed by atoms with Crippen LogP contribution in [0.4, 0.5) is 0 Å². The monoisotopic (exact) mass is 274 g/mol. The molecule has 0 saturated heterocycles. The molecule has 2 unspecified atom stereocenters. The van der Waals surface area contributed by atoms with Gasteiger partial charge in [-0.05, 0) is 80.1 Å². The fourth-order valence-electron chi connectivity index (χ4n) is 4.65. The lowest BCUT2D eigenvalue weighted by Gasteiger charge is -2.43. The van der Waals surface area contributed by atoms with E-state index in [1.807, 2.05) is 0 Å². The van der Waals surface area contributed by atoms with Crippen molar-refractivity contribution < 1.29 is 0 Å². The van der Waals surface area contributed by atoms with Gasteiger partial charge in [0.15, 0.2) is 0 Å². The Balaban J connectivity index is 2.06. The maximum Gasteiger partial charge on any atom is -0.0109 e. The van der Waals surface area contributed by atoms with Gasteiger partial charge < -0.3 is 0 Å². The molecule has 0 nitrogen and oxygen atoms in total. The molecule has 1 fully saturated rings. The van der Waals surface area contributed by atoms with Gasteiger partial charge in [-0.25, -0.2) is 0 Å². The van der Waals surface area contributed by atoms with Crippen molar-refractivity contribution in [3.8, 4) is 0 Å². The zero-order chi connectivity index (χ0) is 14.9. The molecule has 2 aliphatic carbocycles. The lowest BCUT2D eigenvalue weighted by Crippen LogP contribution is -2.33. The first-order chi connectivity index (χ1) is 9.30. The van der Waals surface area contributed by atoms with E-state index in [-0.39, 0.29) is 0 Å². The van der Waals surface area contributed by atoms with Crippen molar-refractivity contribution in [3.63, 3.8) is 0 Å². The minimum Gasteiger partial charge on any atom is -0.0958 e. The predicted molar refractivity (Wildman–Crippen MR) is 89.7 cm³/mol. The molecule has 0 aromatic heterocycles. The molecule has 2 atom stereocenters. The third-order valence-electron chi connectivity index (χ3n) is 5.96. The lowest BCUT2D eigenvalue weighted by molar-refractivity contribution is 0.114. The second-order valence-electron chi connectivity index (χ2n) is 8.50. The van der Waals surface area contributed by atoms with E-state index in [1.165, 1.54) is 44.1 Å². The Morgan fingerprint density at radius 3 is 2.20 bits per heavy atom. The standard InChI is InChI=1S/C20H34/c1-14(2)18-9-7-8-15(3)19(18)16-10-12-17(13-11-16)20(4,5)6/h9,15-17,19H,1,7-8,10-13H2,2-6H3. The van der Waals surface area contributed by atoms with E-state index < -0.39 is 0 Å². The lowest BCUT2D eigenvalue weighted by atomic mass is 9.62. The van der Waals surface area contributed by atoms with Crippen LogP contribution in [0.25, 0.3) is 0 Å². The molecule has 2 rings (SSSR count). The minimum absolute atomic E-state index is 0.496. The number of rotatable bonds is 2. The van der Waals surface area contributed by atoms with Gasteiger partial charge >= 0.3 is 0 Å². The van der Waals surface area contributed by atoms with Crippen LogP contribution >= 0.6 is 0 Å². The van der Waals surface area contributed by atoms with E-state index in [4.69, 9.17) is 0 Å². The van der Waals surface area contributed by atoms with Crippen molar-refractivity contribution in [3.05, 3.63) is 23.8 Å². The van der Waals surface area contributed by atoms with Gasteiger partial charge in [0.05, 0.1) is 0 Å². The summed E-state index contributed by atoms with van der Waals surface area (Å²) in [5, 5.41) is 0. The topological polar surface area (TPSA) is 0 Å². The fraction of sp³-hybridized carbons (Fsp3) is 0.800. The average Bonchev–Trinajstić information content (AvgIpc) is 2.37. The zero-order valence-corrected chi connectivity index (χ0v) is 14.3. The predicted octanol–water partition coefficient (Wildman–Crippen LogP) is 6.39.